The summed E-state index contributed by atoms with van der Waals surface area (Å²) in [6.45, 7) is -10.1. The molecule has 274 valence electrons. The van der Waals surface area contributed by atoms with Crippen LogP contribution in [0.3, 0.4) is 0 Å². The van der Waals surface area contributed by atoms with Crippen molar-refractivity contribution in [1.29, 1.82) is 0 Å². The zero-order valence-corrected chi connectivity index (χ0v) is 29.9. The second kappa shape index (κ2) is 30.1. The van der Waals surface area contributed by atoms with E-state index in [1.165, 1.54) is 77.0 Å². The van der Waals surface area contributed by atoms with E-state index in [1.54, 1.807) is 0 Å². The van der Waals surface area contributed by atoms with Crippen molar-refractivity contribution in [1.82, 2.24) is 0 Å². The van der Waals surface area contributed by atoms with E-state index in [-0.39, 0.29) is 12.8 Å². The van der Waals surface area contributed by atoms with Crippen LogP contribution in [0.2, 0.25) is 0 Å². The molecule has 10 heteroatoms. The highest BCUT2D eigenvalue weighted by atomic mass is 31.2. The van der Waals surface area contributed by atoms with Crippen molar-refractivity contribution in [3.63, 3.8) is 0 Å². The molecule has 0 aliphatic carbocycles. The van der Waals surface area contributed by atoms with E-state index in [1.807, 2.05) is 0 Å². The fourth-order valence-electron chi connectivity index (χ4n) is 4.99. The Morgan fingerprint density at radius 1 is 0.630 bits per heavy atom. The van der Waals surface area contributed by atoms with E-state index in [0.717, 1.165) is 51.4 Å². The maximum Gasteiger partial charge on any atom is 0.306 e. The maximum atomic E-state index is 12.7. The molecule has 0 rings (SSSR count). The van der Waals surface area contributed by atoms with Crippen molar-refractivity contribution >= 4 is 19.8 Å². The largest absolute Gasteiger partial charge is 0.756 e. The summed E-state index contributed by atoms with van der Waals surface area (Å²) >= 11 is 0. The first-order valence-electron chi connectivity index (χ1n) is 22.6. The monoisotopic (exact) mass is 687 g/mol. The van der Waals surface area contributed by atoms with E-state index < -0.39 is 77.6 Å². The topological polar surface area (TPSA) is 111 Å². The van der Waals surface area contributed by atoms with Crippen molar-refractivity contribution in [2.24, 2.45) is 0 Å². The van der Waals surface area contributed by atoms with Crippen LogP contribution in [0.25, 0.3) is 0 Å². The van der Waals surface area contributed by atoms with Gasteiger partial charge in [0.25, 0.3) is 7.82 Å². The minimum absolute atomic E-state index is 0.0606. The number of carbonyl (C=O) groups is 2. The SMILES string of the molecule is [2H]C([2H])([2H])[N+](CCOP(=O)([O-])OC[C@@H](COC(=O)CCCCCCCCCCCCC)OC(=O)CCCCCCCCCCCCC)(C([2H])([2H])[2H])C([2H])([2H])[2H]. The minimum atomic E-state index is -5.31. The molecule has 46 heavy (non-hydrogen) atoms. The number of likely N-dealkylation sites (N-methyl/N-ethyl adjacent to an activating group) is 1. The number of quaternary nitrogens is 1. The summed E-state index contributed by atoms with van der Waals surface area (Å²) in [4.78, 5) is 37.8. The molecule has 0 saturated carbocycles. The normalized spacial score (nSPS) is 17.5. The number of ether oxygens (including phenoxy) is 2. The second-order valence-corrected chi connectivity index (χ2v) is 13.9. The van der Waals surface area contributed by atoms with Gasteiger partial charge in [0.15, 0.2) is 6.10 Å². The Hall–Kier alpha value is -0.990. The van der Waals surface area contributed by atoms with Crippen molar-refractivity contribution in [2.45, 2.75) is 174 Å². The molecule has 0 aromatic heterocycles. The van der Waals surface area contributed by atoms with Crippen LogP contribution in [0.4, 0.5) is 0 Å². The summed E-state index contributed by atoms with van der Waals surface area (Å²) in [7, 11) is -5.31. The molecule has 0 aliphatic heterocycles. The molecule has 0 spiro atoms. The first-order valence-corrected chi connectivity index (χ1v) is 19.5. The van der Waals surface area contributed by atoms with Gasteiger partial charge in [-0.25, -0.2) is 0 Å². The second-order valence-electron chi connectivity index (χ2n) is 12.5. The number of hydrogen-bond acceptors (Lipinski definition) is 8. The Bertz CT molecular complexity index is 1030. The van der Waals surface area contributed by atoms with Crippen LogP contribution in [0, 0.1) is 0 Å². The van der Waals surface area contributed by atoms with Crippen LogP contribution < -0.4 is 4.89 Å². The highest BCUT2D eigenvalue weighted by Crippen LogP contribution is 2.38. The Kier molecular flexibility index (Phi) is 20.3. The zero-order valence-electron chi connectivity index (χ0n) is 38.0. The summed E-state index contributed by atoms with van der Waals surface area (Å²) in [5, 5.41) is 0. The van der Waals surface area contributed by atoms with Crippen LogP contribution >= 0.6 is 7.82 Å². The van der Waals surface area contributed by atoms with Gasteiger partial charge in [-0.3, -0.25) is 14.2 Å². The molecule has 0 aromatic carbocycles. The average Bonchev–Trinajstić information content (AvgIpc) is 3.07. The molecule has 0 fully saturated rings. The van der Waals surface area contributed by atoms with Crippen LogP contribution in [0.1, 0.15) is 180 Å². The number of phosphoric acid groups is 1. The molecular formula is C36H72NO8P. The number of phosphoric ester groups is 1. The van der Waals surface area contributed by atoms with Gasteiger partial charge in [0, 0.05) is 12.8 Å². The standard InChI is InChI=1S/C36H72NO8P/c1-6-8-10-12-14-16-18-20-22-24-26-28-35(38)42-32-34(33-44-46(40,41)43-31-30-37(3,4)5)45-36(39)29-27-25-23-21-19-17-15-13-11-9-7-2/h34H,6-33H2,1-5H3/t34-/m1/s1/i3D3,4D3,5D3. The van der Waals surface area contributed by atoms with Crippen LogP contribution in [-0.2, 0) is 32.7 Å². The molecule has 9 nitrogen and oxygen atoms in total. The molecule has 0 radical (unpaired) electrons. The zero-order chi connectivity index (χ0) is 41.9. The summed E-state index contributed by atoms with van der Waals surface area (Å²) in [6, 6.07) is 0. The Morgan fingerprint density at radius 3 is 1.48 bits per heavy atom. The van der Waals surface area contributed by atoms with Gasteiger partial charge in [-0.2, -0.15) is 0 Å². The lowest BCUT2D eigenvalue weighted by Gasteiger charge is -2.28. The van der Waals surface area contributed by atoms with Gasteiger partial charge in [-0.05, 0) is 12.8 Å². The van der Waals surface area contributed by atoms with Crippen LogP contribution in [0.5, 0.6) is 0 Å². The van der Waals surface area contributed by atoms with Gasteiger partial charge in [-0.1, -0.05) is 142 Å². The van der Waals surface area contributed by atoms with Crippen LogP contribution in [0.15, 0.2) is 0 Å². The number of carbonyl (C=O) groups excluding carboxylic acids is 2. The Balaban J connectivity index is 5.07. The van der Waals surface area contributed by atoms with Gasteiger partial charge < -0.3 is 27.9 Å². The smallest absolute Gasteiger partial charge is 0.306 e. The fraction of sp³-hybridized carbons (Fsp3) is 0.944. The summed E-state index contributed by atoms with van der Waals surface area (Å²) in [6.07, 6.45) is 23.1. The molecule has 0 aromatic rings. The first kappa shape index (κ1) is 31.0. The van der Waals surface area contributed by atoms with E-state index in [9.17, 15) is 19.0 Å². The highest BCUT2D eigenvalue weighted by Gasteiger charge is 2.21. The molecule has 0 saturated heterocycles. The lowest BCUT2D eigenvalue weighted by Crippen LogP contribution is -2.37. The Morgan fingerprint density at radius 2 is 1.04 bits per heavy atom. The van der Waals surface area contributed by atoms with Gasteiger partial charge in [-0.15, -0.1) is 0 Å². The van der Waals surface area contributed by atoms with Gasteiger partial charge in [0.2, 0.25) is 0 Å². The van der Waals surface area contributed by atoms with E-state index in [4.69, 9.17) is 26.3 Å². The Labute approximate surface area is 295 Å². The van der Waals surface area contributed by atoms with Crippen LogP contribution in [-0.4, -0.2) is 69.8 Å². The quantitative estimate of drug-likeness (QED) is 0.0285. The van der Waals surface area contributed by atoms with Crippen molar-refractivity contribution in [3.05, 3.63) is 0 Å². The molecule has 0 amide bonds. The van der Waals surface area contributed by atoms with Crippen molar-refractivity contribution in [2.75, 3.05) is 47.3 Å². The van der Waals surface area contributed by atoms with Gasteiger partial charge in [0.05, 0.1) is 39.9 Å². The number of esters is 2. The first-order chi connectivity index (χ1) is 25.7. The molecular weight excluding hydrogens is 605 g/mol. The summed E-state index contributed by atoms with van der Waals surface area (Å²) in [5.41, 5.74) is 0. The molecule has 0 aliphatic rings. The molecule has 0 heterocycles. The minimum Gasteiger partial charge on any atom is -0.756 e. The lowest BCUT2D eigenvalue weighted by molar-refractivity contribution is -0.870. The molecule has 1 unspecified atom stereocenters. The van der Waals surface area contributed by atoms with E-state index >= 15 is 0 Å². The predicted octanol–water partition coefficient (Wildman–Crippen LogP) is 9.05. The fourth-order valence-corrected chi connectivity index (χ4v) is 5.72. The molecule has 0 N–H and O–H groups in total. The lowest BCUT2D eigenvalue weighted by atomic mass is 10.1. The number of nitrogens with zero attached hydrogens (tertiary/aromatic N) is 1. The molecule has 0 bridgehead atoms. The molecule has 2 atom stereocenters. The van der Waals surface area contributed by atoms with Gasteiger partial charge >= 0.3 is 11.9 Å². The third-order valence-electron chi connectivity index (χ3n) is 7.79. The maximum absolute atomic E-state index is 12.7. The third kappa shape index (κ3) is 32.9. The third-order valence-corrected chi connectivity index (χ3v) is 8.76. The number of rotatable bonds is 34. The predicted molar refractivity (Wildman–Crippen MR) is 185 cm³/mol. The van der Waals surface area contributed by atoms with E-state index in [2.05, 4.69) is 18.4 Å². The highest BCUT2D eigenvalue weighted by molar-refractivity contribution is 7.45. The van der Waals surface area contributed by atoms with Crippen molar-refractivity contribution < 1.29 is 54.4 Å². The van der Waals surface area contributed by atoms with E-state index in [0.29, 0.717) is 12.8 Å². The number of hydrogen-bond donors (Lipinski definition) is 0. The average molecular weight is 687 g/mol. The summed E-state index contributed by atoms with van der Waals surface area (Å²) in [5.74, 6) is -1.18. The number of unbranched alkanes of at least 4 members (excludes halogenated alkanes) is 20. The van der Waals surface area contributed by atoms with Crippen molar-refractivity contribution in [3.8, 4) is 0 Å². The summed E-state index contributed by atoms with van der Waals surface area (Å²) < 4.78 is 99.4. The van der Waals surface area contributed by atoms with Gasteiger partial charge in [0.1, 0.15) is 19.8 Å².